The van der Waals surface area contributed by atoms with E-state index in [1.807, 2.05) is 47.3 Å². The van der Waals surface area contributed by atoms with E-state index in [0.29, 0.717) is 32.9 Å². The summed E-state index contributed by atoms with van der Waals surface area (Å²) in [6.07, 6.45) is 4.22. The molecule has 0 aliphatic rings. The minimum absolute atomic E-state index is 0. The van der Waals surface area contributed by atoms with Crippen LogP contribution in [0.5, 0.6) is 0 Å². The lowest BCUT2D eigenvalue weighted by atomic mass is 10.3. The molecule has 28 heavy (non-hydrogen) atoms. The van der Waals surface area contributed by atoms with Crippen LogP contribution in [0.3, 0.4) is 0 Å². The molecule has 0 bridgehead atoms. The minimum Gasteiger partial charge on any atom is -0.379 e. The largest absolute Gasteiger partial charge is 0.379 e. The average Bonchev–Trinajstić information content (AvgIpc) is 3.19. The Morgan fingerprint density at radius 1 is 1.04 bits per heavy atom. The van der Waals surface area contributed by atoms with Crippen molar-refractivity contribution >= 4 is 29.9 Å². The molecule has 1 heterocycles. The Balaban J connectivity index is 0.00000392. The SMILES string of the molecule is CCCCOCCOCCNC(=NC)NCc1ccn(-c2ccccc2)n1.I. The number of aliphatic imine (C=N–C) groups is 1. The molecule has 0 amide bonds. The van der Waals surface area contributed by atoms with Gasteiger partial charge in [0.05, 0.1) is 37.7 Å². The van der Waals surface area contributed by atoms with Gasteiger partial charge < -0.3 is 20.1 Å². The maximum absolute atomic E-state index is 5.54. The summed E-state index contributed by atoms with van der Waals surface area (Å²) < 4.78 is 12.9. The van der Waals surface area contributed by atoms with E-state index < -0.39 is 0 Å². The number of nitrogens with one attached hydrogen (secondary N) is 2. The third-order valence-corrected chi connectivity index (χ3v) is 3.88. The monoisotopic (exact) mass is 501 g/mol. The molecule has 8 heteroatoms. The van der Waals surface area contributed by atoms with E-state index in [9.17, 15) is 0 Å². The van der Waals surface area contributed by atoms with Crippen LogP contribution in [-0.4, -0.2) is 55.8 Å². The highest BCUT2D eigenvalue weighted by molar-refractivity contribution is 14.0. The molecule has 7 nitrogen and oxygen atoms in total. The van der Waals surface area contributed by atoms with Gasteiger partial charge in [0.1, 0.15) is 0 Å². The van der Waals surface area contributed by atoms with Crippen molar-refractivity contribution in [2.45, 2.75) is 26.3 Å². The topological polar surface area (TPSA) is 72.7 Å². The smallest absolute Gasteiger partial charge is 0.191 e. The van der Waals surface area contributed by atoms with E-state index in [1.54, 1.807) is 7.05 Å². The second-order valence-electron chi connectivity index (χ2n) is 6.02. The number of guanidine groups is 1. The zero-order valence-electron chi connectivity index (χ0n) is 16.8. The first-order valence-corrected chi connectivity index (χ1v) is 9.53. The highest BCUT2D eigenvalue weighted by Crippen LogP contribution is 2.06. The lowest BCUT2D eigenvalue weighted by Gasteiger charge is -2.11. The van der Waals surface area contributed by atoms with E-state index in [4.69, 9.17) is 9.47 Å². The van der Waals surface area contributed by atoms with Crippen molar-refractivity contribution in [2.75, 3.05) is 40.0 Å². The maximum atomic E-state index is 5.54. The summed E-state index contributed by atoms with van der Waals surface area (Å²) in [5, 5.41) is 11.1. The van der Waals surface area contributed by atoms with Crippen LogP contribution in [-0.2, 0) is 16.0 Å². The first-order valence-electron chi connectivity index (χ1n) is 9.53. The van der Waals surface area contributed by atoms with Crippen molar-refractivity contribution in [2.24, 2.45) is 4.99 Å². The molecule has 0 fully saturated rings. The summed E-state index contributed by atoms with van der Waals surface area (Å²) >= 11 is 0. The van der Waals surface area contributed by atoms with Crippen molar-refractivity contribution in [1.82, 2.24) is 20.4 Å². The van der Waals surface area contributed by atoms with Crippen LogP contribution < -0.4 is 10.6 Å². The Labute approximate surface area is 184 Å². The molecule has 0 saturated carbocycles. The van der Waals surface area contributed by atoms with Crippen molar-refractivity contribution in [3.8, 4) is 5.69 Å². The second kappa shape index (κ2) is 15.3. The van der Waals surface area contributed by atoms with E-state index in [2.05, 4.69) is 27.6 Å². The van der Waals surface area contributed by atoms with Gasteiger partial charge in [0.2, 0.25) is 0 Å². The number of aromatic nitrogens is 2. The first kappa shape index (κ1) is 24.4. The molecule has 0 spiro atoms. The molecule has 2 rings (SSSR count). The summed E-state index contributed by atoms with van der Waals surface area (Å²) in [6, 6.07) is 12.0. The maximum Gasteiger partial charge on any atom is 0.191 e. The van der Waals surface area contributed by atoms with Crippen molar-refractivity contribution in [1.29, 1.82) is 0 Å². The van der Waals surface area contributed by atoms with Gasteiger partial charge in [0, 0.05) is 26.4 Å². The third-order valence-electron chi connectivity index (χ3n) is 3.88. The number of ether oxygens (including phenoxy) is 2. The van der Waals surface area contributed by atoms with Gasteiger partial charge >= 0.3 is 0 Å². The van der Waals surface area contributed by atoms with Gasteiger partial charge in [-0.1, -0.05) is 31.5 Å². The number of hydrogen-bond acceptors (Lipinski definition) is 4. The summed E-state index contributed by atoms with van der Waals surface area (Å²) in [5.41, 5.74) is 1.99. The molecule has 2 aromatic rings. The van der Waals surface area contributed by atoms with Gasteiger partial charge in [-0.05, 0) is 24.6 Å². The van der Waals surface area contributed by atoms with E-state index in [1.165, 1.54) is 0 Å². The fraction of sp³-hybridized carbons (Fsp3) is 0.500. The van der Waals surface area contributed by atoms with E-state index in [-0.39, 0.29) is 24.0 Å². The van der Waals surface area contributed by atoms with Crippen molar-refractivity contribution in [3.05, 3.63) is 48.3 Å². The fourth-order valence-corrected chi connectivity index (χ4v) is 2.39. The average molecular weight is 501 g/mol. The van der Waals surface area contributed by atoms with Gasteiger partial charge in [0.15, 0.2) is 5.96 Å². The number of unbranched alkanes of at least 4 members (excludes halogenated alkanes) is 1. The Morgan fingerprint density at radius 2 is 1.79 bits per heavy atom. The Bertz CT molecular complexity index is 664. The van der Waals surface area contributed by atoms with Crippen LogP contribution in [0.15, 0.2) is 47.6 Å². The standard InChI is InChI=1S/C20H31N5O2.HI/c1-3-4-13-26-15-16-27-14-11-22-20(21-2)23-17-18-10-12-25(24-18)19-8-6-5-7-9-19;/h5-10,12H,3-4,11,13-17H2,1-2H3,(H2,21,22,23);1H. The molecule has 1 aromatic heterocycles. The summed E-state index contributed by atoms with van der Waals surface area (Å²) in [7, 11) is 1.75. The number of hydrogen-bond donors (Lipinski definition) is 2. The zero-order valence-corrected chi connectivity index (χ0v) is 19.1. The van der Waals surface area contributed by atoms with Gasteiger partial charge in [0.25, 0.3) is 0 Å². The quantitative estimate of drug-likeness (QED) is 0.203. The van der Waals surface area contributed by atoms with Crippen LogP contribution in [0.4, 0.5) is 0 Å². The number of nitrogens with zero attached hydrogens (tertiary/aromatic N) is 3. The Hall–Kier alpha value is -1.65. The zero-order chi connectivity index (χ0) is 19.2. The predicted octanol–water partition coefficient (Wildman–Crippen LogP) is 2.99. The minimum atomic E-state index is 0. The molecular weight excluding hydrogens is 469 g/mol. The molecule has 0 atom stereocenters. The molecular formula is C20H32IN5O2. The van der Waals surface area contributed by atoms with Crippen molar-refractivity contribution in [3.63, 3.8) is 0 Å². The van der Waals surface area contributed by atoms with Crippen LogP contribution in [0, 0.1) is 0 Å². The van der Waals surface area contributed by atoms with E-state index >= 15 is 0 Å². The predicted molar refractivity (Wildman–Crippen MR) is 124 cm³/mol. The molecule has 0 radical (unpaired) electrons. The number of benzene rings is 1. The van der Waals surface area contributed by atoms with Crippen LogP contribution >= 0.6 is 24.0 Å². The van der Waals surface area contributed by atoms with Crippen molar-refractivity contribution < 1.29 is 9.47 Å². The Morgan fingerprint density at radius 3 is 2.50 bits per heavy atom. The van der Waals surface area contributed by atoms with Crippen LogP contribution in [0.25, 0.3) is 5.69 Å². The summed E-state index contributed by atoms with van der Waals surface area (Å²) in [4.78, 5) is 4.22. The summed E-state index contributed by atoms with van der Waals surface area (Å²) in [5.74, 6) is 0.729. The fourth-order valence-electron chi connectivity index (χ4n) is 2.39. The first-order chi connectivity index (χ1) is 13.3. The number of halogens is 1. The molecule has 0 aliphatic carbocycles. The summed E-state index contributed by atoms with van der Waals surface area (Å²) in [6.45, 7) is 6.14. The molecule has 2 N–H and O–H groups in total. The van der Waals surface area contributed by atoms with E-state index in [0.717, 1.165) is 36.8 Å². The van der Waals surface area contributed by atoms with Gasteiger partial charge in [-0.15, -0.1) is 24.0 Å². The lowest BCUT2D eigenvalue weighted by Crippen LogP contribution is -2.38. The molecule has 0 aliphatic heterocycles. The van der Waals surface area contributed by atoms with Gasteiger partial charge in [-0.25, -0.2) is 4.68 Å². The number of para-hydroxylation sites is 1. The Kier molecular flexibility index (Phi) is 13.3. The second-order valence-corrected chi connectivity index (χ2v) is 6.02. The highest BCUT2D eigenvalue weighted by Gasteiger charge is 2.03. The van der Waals surface area contributed by atoms with Crippen LogP contribution in [0.2, 0.25) is 0 Å². The van der Waals surface area contributed by atoms with Gasteiger partial charge in [-0.2, -0.15) is 5.10 Å². The molecule has 156 valence electrons. The normalized spacial score (nSPS) is 11.1. The molecule has 1 aromatic carbocycles. The lowest BCUT2D eigenvalue weighted by molar-refractivity contribution is 0.0487. The number of rotatable bonds is 12. The molecule has 0 saturated heterocycles. The third kappa shape index (κ3) is 9.52. The van der Waals surface area contributed by atoms with Crippen LogP contribution in [0.1, 0.15) is 25.5 Å². The highest BCUT2D eigenvalue weighted by atomic mass is 127. The van der Waals surface area contributed by atoms with Gasteiger partial charge in [-0.3, -0.25) is 4.99 Å². The molecule has 0 unspecified atom stereocenters.